The number of ether oxygens (including phenoxy) is 1. The van der Waals surface area contributed by atoms with Gasteiger partial charge in [0.1, 0.15) is 0 Å². The molecular weight excluding hydrogens is 280 g/mol. The molecule has 1 saturated heterocycles. The summed E-state index contributed by atoms with van der Waals surface area (Å²) in [5.41, 5.74) is 2.43. The van der Waals surface area contributed by atoms with Gasteiger partial charge in [0, 0.05) is 38.0 Å². The van der Waals surface area contributed by atoms with E-state index in [4.69, 9.17) is 4.74 Å². The monoisotopic (exact) mass is 306 g/mol. The van der Waals surface area contributed by atoms with E-state index in [1.807, 2.05) is 29.7 Å². The first-order valence-electron chi connectivity index (χ1n) is 8.37. The molecule has 1 N–H and O–H groups in total. The lowest BCUT2D eigenvalue weighted by Gasteiger charge is -2.34. The van der Waals surface area contributed by atoms with Gasteiger partial charge in [-0.2, -0.15) is 5.10 Å². The van der Waals surface area contributed by atoms with E-state index >= 15 is 0 Å². The number of hydrogen-bond acceptors (Lipinski definition) is 3. The maximum Gasteiger partial charge on any atom is 0.317 e. The number of fused-ring (bicyclic) bond motifs is 1. The molecule has 3 rings (SSSR count). The zero-order valence-electron chi connectivity index (χ0n) is 13.5. The van der Waals surface area contributed by atoms with Crippen molar-refractivity contribution in [2.24, 2.45) is 7.05 Å². The Morgan fingerprint density at radius 2 is 2.32 bits per heavy atom. The van der Waals surface area contributed by atoms with Crippen LogP contribution >= 0.6 is 0 Å². The van der Waals surface area contributed by atoms with E-state index in [1.54, 1.807) is 0 Å². The highest BCUT2D eigenvalue weighted by atomic mass is 16.5. The van der Waals surface area contributed by atoms with Gasteiger partial charge in [-0.1, -0.05) is 0 Å². The van der Waals surface area contributed by atoms with Crippen LogP contribution in [0.3, 0.4) is 0 Å². The molecule has 6 heteroatoms. The number of amides is 2. The Hall–Kier alpha value is -1.56. The van der Waals surface area contributed by atoms with Crippen molar-refractivity contribution in [3.05, 3.63) is 17.5 Å². The van der Waals surface area contributed by atoms with Gasteiger partial charge >= 0.3 is 6.03 Å². The van der Waals surface area contributed by atoms with E-state index in [9.17, 15) is 4.79 Å². The minimum Gasteiger partial charge on any atom is -0.377 e. The molecule has 2 heterocycles. The third kappa shape index (κ3) is 3.11. The van der Waals surface area contributed by atoms with Crippen LogP contribution in [0.2, 0.25) is 0 Å². The number of nitrogens with one attached hydrogen (secondary N) is 1. The molecule has 0 saturated carbocycles. The molecule has 22 heavy (non-hydrogen) atoms. The van der Waals surface area contributed by atoms with Crippen LogP contribution in [0.4, 0.5) is 4.79 Å². The molecule has 1 aliphatic heterocycles. The van der Waals surface area contributed by atoms with Gasteiger partial charge < -0.3 is 15.0 Å². The van der Waals surface area contributed by atoms with Crippen LogP contribution in [0.25, 0.3) is 0 Å². The van der Waals surface area contributed by atoms with Gasteiger partial charge in [-0.05, 0) is 39.0 Å². The molecule has 6 nitrogen and oxygen atoms in total. The number of hydrogen-bond donors (Lipinski definition) is 1. The SMILES string of the molecule is CCOC1CCCN(C(=O)NC2CCCc3c2cnn3C)C1. The number of piperidine rings is 1. The second kappa shape index (κ2) is 6.69. The summed E-state index contributed by atoms with van der Waals surface area (Å²) in [6.07, 6.45) is 7.29. The molecule has 2 amide bonds. The van der Waals surface area contributed by atoms with Gasteiger partial charge in [0.25, 0.3) is 0 Å². The molecule has 1 aliphatic carbocycles. The standard InChI is InChI=1S/C16H26N4O2/c1-3-22-12-6-5-9-20(11-12)16(21)18-14-7-4-8-15-13(14)10-17-19(15)2/h10,12,14H,3-9,11H2,1-2H3,(H,18,21). The van der Waals surface area contributed by atoms with E-state index < -0.39 is 0 Å². The predicted molar refractivity (Wildman–Crippen MR) is 83.6 cm³/mol. The zero-order valence-corrected chi connectivity index (χ0v) is 13.5. The minimum absolute atomic E-state index is 0.0334. The van der Waals surface area contributed by atoms with Crippen LogP contribution in [0, 0.1) is 0 Å². The van der Waals surface area contributed by atoms with Crippen molar-refractivity contribution in [2.45, 2.75) is 51.2 Å². The minimum atomic E-state index is 0.0334. The first-order valence-corrected chi connectivity index (χ1v) is 8.37. The number of aryl methyl sites for hydroxylation is 1. The van der Waals surface area contributed by atoms with Gasteiger partial charge in [0.2, 0.25) is 0 Å². The molecule has 2 aliphatic rings. The number of carbonyl (C=O) groups is 1. The fraction of sp³-hybridized carbons (Fsp3) is 0.750. The summed E-state index contributed by atoms with van der Waals surface area (Å²) >= 11 is 0. The third-order valence-corrected chi connectivity index (χ3v) is 4.74. The quantitative estimate of drug-likeness (QED) is 0.929. The van der Waals surface area contributed by atoms with Crippen molar-refractivity contribution in [3.8, 4) is 0 Å². The lowest BCUT2D eigenvalue weighted by atomic mass is 9.93. The second-order valence-electron chi connectivity index (χ2n) is 6.23. The molecule has 0 aromatic carbocycles. The molecule has 2 unspecified atom stereocenters. The van der Waals surface area contributed by atoms with Crippen molar-refractivity contribution >= 4 is 6.03 Å². The van der Waals surface area contributed by atoms with Gasteiger partial charge in [-0.15, -0.1) is 0 Å². The van der Waals surface area contributed by atoms with E-state index in [0.717, 1.165) is 38.6 Å². The summed E-state index contributed by atoms with van der Waals surface area (Å²) in [5.74, 6) is 0. The Labute approximate surface area is 131 Å². The first kappa shape index (κ1) is 15.3. The Morgan fingerprint density at radius 1 is 1.45 bits per heavy atom. The van der Waals surface area contributed by atoms with E-state index in [2.05, 4.69) is 10.4 Å². The van der Waals surface area contributed by atoms with E-state index in [0.29, 0.717) is 13.2 Å². The van der Waals surface area contributed by atoms with Crippen molar-refractivity contribution < 1.29 is 9.53 Å². The topological polar surface area (TPSA) is 59.4 Å². The first-order chi connectivity index (χ1) is 10.7. The smallest absolute Gasteiger partial charge is 0.317 e. The van der Waals surface area contributed by atoms with Gasteiger partial charge in [-0.25, -0.2) is 4.79 Å². The summed E-state index contributed by atoms with van der Waals surface area (Å²) in [6, 6.07) is 0.128. The summed E-state index contributed by atoms with van der Waals surface area (Å²) in [6.45, 7) is 4.24. The lowest BCUT2D eigenvalue weighted by molar-refractivity contribution is 0.0160. The molecule has 0 bridgehead atoms. The molecule has 2 atom stereocenters. The lowest BCUT2D eigenvalue weighted by Crippen LogP contribution is -2.48. The molecular formula is C16H26N4O2. The normalized spacial score (nSPS) is 24.9. The van der Waals surface area contributed by atoms with Crippen molar-refractivity contribution in [2.75, 3.05) is 19.7 Å². The van der Waals surface area contributed by atoms with Gasteiger partial charge in [0.05, 0.1) is 18.3 Å². The Kier molecular flexibility index (Phi) is 4.66. The highest BCUT2D eigenvalue weighted by Gasteiger charge is 2.28. The Balaban J connectivity index is 1.62. The van der Waals surface area contributed by atoms with Crippen LogP contribution in [0.5, 0.6) is 0 Å². The Bertz CT molecular complexity index is 526. The average molecular weight is 306 g/mol. The molecule has 122 valence electrons. The second-order valence-corrected chi connectivity index (χ2v) is 6.23. The largest absolute Gasteiger partial charge is 0.377 e. The van der Waals surface area contributed by atoms with Crippen LogP contribution in [0.1, 0.15) is 49.9 Å². The van der Waals surface area contributed by atoms with Crippen molar-refractivity contribution in [3.63, 3.8) is 0 Å². The highest BCUT2D eigenvalue weighted by Crippen LogP contribution is 2.29. The van der Waals surface area contributed by atoms with Crippen LogP contribution in [-0.2, 0) is 18.2 Å². The van der Waals surface area contributed by atoms with Gasteiger partial charge in [-0.3, -0.25) is 4.68 Å². The summed E-state index contributed by atoms with van der Waals surface area (Å²) in [7, 11) is 1.97. The van der Waals surface area contributed by atoms with Gasteiger partial charge in [0.15, 0.2) is 0 Å². The summed E-state index contributed by atoms with van der Waals surface area (Å²) in [5, 5.41) is 7.54. The predicted octanol–water partition coefficient (Wildman–Crippen LogP) is 2.01. The number of nitrogens with zero attached hydrogens (tertiary/aromatic N) is 3. The molecule has 0 radical (unpaired) electrons. The van der Waals surface area contributed by atoms with E-state index in [1.165, 1.54) is 11.3 Å². The number of rotatable bonds is 3. The van der Waals surface area contributed by atoms with Crippen molar-refractivity contribution in [1.82, 2.24) is 20.0 Å². The number of urea groups is 1. The third-order valence-electron chi connectivity index (χ3n) is 4.74. The number of likely N-dealkylation sites (tertiary alicyclic amines) is 1. The average Bonchev–Trinajstić information content (AvgIpc) is 2.91. The maximum atomic E-state index is 12.6. The van der Waals surface area contributed by atoms with Crippen LogP contribution in [0.15, 0.2) is 6.20 Å². The van der Waals surface area contributed by atoms with Crippen LogP contribution < -0.4 is 5.32 Å². The number of aromatic nitrogens is 2. The molecule has 1 aromatic heterocycles. The van der Waals surface area contributed by atoms with Crippen LogP contribution in [-0.4, -0.2) is 46.5 Å². The highest BCUT2D eigenvalue weighted by molar-refractivity contribution is 5.75. The molecule has 1 aromatic rings. The fourth-order valence-corrected chi connectivity index (χ4v) is 3.59. The summed E-state index contributed by atoms with van der Waals surface area (Å²) < 4.78 is 7.61. The molecule has 0 spiro atoms. The fourth-order valence-electron chi connectivity index (χ4n) is 3.59. The maximum absolute atomic E-state index is 12.6. The van der Waals surface area contributed by atoms with Crippen molar-refractivity contribution in [1.29, 1.82) is 0 Å². The summed E-state index contributed by atoms with van der Waals surface area (Å²) in [4.78, 5) is 14.5. The Morgan fingerprint density at radius 3 is 3.14 bits per heavy atom. The number of carbonyl (C=O) groups excluding carboxylic acids is 1. The van der Waals surface area contributed by atoms with E-state index in [-0.39, 0.29) is 18.2 Å². The zero-order chi connectivity index (χ0) is 15.5. The molecule has 1 fully saturated rings.